The van der Waals surface area contributed by atoms with E-state index < -0.39 is 17.5 Å². The molecule has 3 rings (SSSR count). The van der Waals surface area contributed by atoms with Gasteiger partial charge >= 0.3 is 0 Å². The highest BCUT2D eigenvalue weighted by Crippen LogP contribution is 2.47. The van der Waals surface area contributed by atoms with Crippen LogP contribution in [0.25, 0.3) is 0 Å². The van der Waals surface area contributed by atoms with Crippen molar-refractivity contribution in [2.75, 3.05) is 13.1 Å². The molecule has 1 aliphatic carbocycles. The predicted octanol–water partition coefficient (Wildman–Crippen LogP) is 4.85. The monoisotopic (exact) mass is 461 g/mol. The van der Waals surface area contributed by atoms with Crippen molar-refractivity contribution in [3.63, 3.8) is 0 Å². The van der Waals surface area contributed by atoms with Crippen molar-refractivity contribution in [2.45, 2.75) is 121 Å². The van der Waals surface area contributed by atoms with E-state index >= 15 is 0 Å². The molecule has 2 spiro atoms. The lowest BCUT2D eigenvalue weighted by molar-refractivity contribution is -0.291. The van der Waals surface area contributed by atoms with Crippen molar-refractivity contribution >= 4 is 11.7 Å². The first-order chi connectivity index (χ1) is 15.9. The lowest BCUT2D eigenvalue weighted by Gasteiger charge is -2.42. The van der Waals surface area contributed by atoms with Crippen LogP contribution in [0, 0.1) is 0 Å². The average molecular weight is 462 g/mol. The van der Waals surface area contributed by atoms with Crippen molar-refractivity contribution in [1.82, 2.24) is 4.90 Å². The van der Waals surface area contributed by atoms with E-state index in [1.807, 2.05) is 4.90 Å². The highest BCUT2D eigenvalue weighted by atomic mass is 16.7. The topological polar surface area (TPSA) is 76.1 Å². The lowest BCUT2D eigenvalue weighted by atomic mass is 9.91. The van der Waals surface area contributed by atoms with Gasteiger partial charge in [-0.3, -0.25) is 9.59 Å². The van der Waals surface area contributed by atoms with E-state index in [1.165, 1.54) is 37.8 Å². The van der Waals surface area contributed by atoms with Gasteiger partial charge in [-0.2, -0.15) is 0 Å². The number of aliphatic hydroxyl groups is 1. The van der Waals surface area contributed by atoms with Gasteiger partial charge in [-0.1, -0.05) is 52.4 Å². The van der Waals surface area contributed by atoms with Gasteiger partial charge in [0.25, 0.3) is 0 Å². The number of carbonyl (C=O) groups is 2. The molecule has 0 bridgehead atoms. The summed E-state index contributed by atoms with van der Waals surface area (Å²) in [6, 6.07) is 0. The Morgan fingerprint density at radius 2 is 1.67 bits per heavy atom. The van der Waals surface area contributed by atoms with Crippen LogP contribution in [0.1, 0.15) is 97.3 Å². The second-order valence-electron chi connectivity index (χ2n) is 10.1. The summed E-state index contributed by atoms with van der Waals surface area (Å²) in [4.78, 5) is 26.8. The first-order valence-corrected chi connectivity index (χ1v) is 13.2. The number of hydrogen-bond acceptors (Lipinski definition) is 5. The molecule has 2 saturated heterocycles. The van der Waals surface area contributed by atoms with Crippen LogP contribution in [0.2, 0.25) is 0 Å². The van der Waals surface area contributed by atoms with Crippen molar-refractivity contribution in [2.24, 2.45) is 0 Å². The Balaban J connectivity index is 1.58. The fourth-order valence-corrected chi connectivity index (χ4v) is 5.27. The maximum absolute atomic E-state index is 13.2. The van der Waals surface area contributed by atoms with Gasteiger partial charge in [-0.25, -0.2) is 0 Å². The number of amides is 1. The molecule has 1 amide bonds. The Labute approximate surface area is 199 Å². The summed E-state index contributed by atoms with van der Waals surface area (Å²) < 4.78 is 12.7. The molecule has 0 radical (unpaired) electrons. The number of allylic oxidation sites excluding steroid dienone is 2. The molecule has 186 valence electrons. The number of hydrogen-bond donors (Lipinski definition) is 1. The van der Waals surface area contributed by atoms with Gasteiger partial charge < -0.3 is 19.5 Å². The van der Waals surface area contributed by atoms with Gasteiger partial charge in [-0.15, -0.1) is 0 Å². The number of unbranched alkanes of at least 4 members (excludes halogenated alkanes) is 6. The number of rotatable bonds is 12. The molecule has 2 aliphatic heterocycles. The van der Waals surface area contributed by atoms with Gasteiger partial charge in [0.15, 0.2) is 11.6 Å². The lowest BCUT2D eigenvalue weighted by Crippen LogP contribution is -2.49. The zero-order valence-corrected chi connectivity index (χ0v) is 20.6. The summed E-state index contributed by atoms with van der Waals surface area (Å²) in [5.41, 5.74) is -0.649. The Morgan fingerprint density at radius 3 is 2.27 bits per heavy atom. The van der Waals surface area contributed by atoms with Crippen LogP contribution in [-0.2, 0) is 19.1 Å². The first kappa shape index (κ1) is 26.1. The van der Waals surface area contributed by atoms with E-state index in [-0.39, 0.29) is 24.2 Å². The van der Waals surface area contributed by atoms with Crippen molar-refractivity contribution in [3.05, 3.63) is 24.3 Å². The molecule has 33 heavy (non-hydrogen) atoms. The Morgan fingerprint density at radius 1 is 1.03 bits per heavy atom. The second-order valence-corrected chi connectivity index (χ2v) is 10.1. The SMILES string of the molecule is CCCCCCN(CCCCCC)C(=O)CC1CC(O)CC2(CCC3(C=CC(=O)C=C3)O2)O1. The quantitative estimate of drug-likeness (QED) is 0.421. The molecule has 1 N–H and O–H groups in total. The minimum absolute atomic E-state index is 0.0452. The van der Waals surface area contributed by atoms with Gasteiger partial charge in [0.1, 0.15) is 5.60 Å². The molecule has 3 atom stereocenters. The van der Waals surface area contributed by atoms with E-state index in [0.717, 1.165) is 38.8 Å². The van der Waals surface area contributed by atoms with Crippen LogP contribution in [0.4, 0.5) is 0 Å². The third-order valence-electron chi connectivity index (χ3n) is 7.11. The number of ether oxygens (including phenoxy) is 2. The van der Waals surface area contributed by atoms with Crippen LogP contribution in [0.5, 0.6) is 0 Å². The smallest absolute Gasteiger partial charge is 0.225 e. The van der Waals surface area contributed by atoms with Crippen molar-refractivity contribution in [1.29, 1.82) is 0 Å². The van der Waals surface area contributed by atoms with Crippen molar-refractivity contribution < 1.29 is 24.2 Å². The molecule has 6 heteroatoms. The number of carbonyl (C=O) groups excluding carboxylic acids is 2. The zero-order chi connectivity index (χ0) is 23.7. The third kappa shape index (κ3) is 7.49. The predicted molar refractivity (Wildman–Crippen MR) is 129 cm³/mol. The highest BCUT2D eigenvalue weighted by molar-refractivity contribution is 6.00. The normalized spacial score (nSPS) is 28.2. The second kappa shape index (κ2) is 12.3. The maximum Gasteiger partial charge on any atom is 0.225 e. The Bertz CT molecular complexity index is 689. The van der Waals surface area contributed by atoms with Crippen LogP contribution in [-0.4, -0.2) is 58.4 Å². The largest absolute Gasteiger partial charge is 0.393 e. The summed E-state index contributed by atoms with van der Waals surface area (Å²) in [5, 5.41) is 10.6. The van der Waals surface area contributed by atoms with Gasteiger partial charge in [0, 0.05) is 32.4 Å². The van der Waals surface area contributed by atoms with Crippen molar-refractivity contribution in [3.8, 4) is 0 Å². The summed E-state index contributed by atoms with van der Waals surface area (Å²) in [5.74, 6) is -0.825. The number of nitrogens with zero attached hydrogens (tertiary/aromatic N) is 1. The van der Waals surface area contributed by atoms with E-state index in [0.29, 0.717) is 25.7 Å². The summed E-state index contributed by atoms with van der Waals surface area (Å²) >= 11 is 0. The van der Waals surface area contributed by atoms with Crippen LogP contribution < -0.4 is 0 Å². The van der Waals surface area contributed by atoms with E-state index in [9.17, 15) is 14.7 Å². The van der Waals surface area contributed by atoms with Gasteiger partial charge in [0.05, 0.1) is 18.6 Å². The number of ketones is 1. The average Bonchev–Trinajstić information content (AvgIpc) is 3.11. The fourth-order valence-electron chi connectivity index (χ4n) is 5.27. The van der Waals surface area contributed by atoms with Gasteiger partial charge in [0.2, 0.25) is 5.91 Å². The molecule has 2 heterocycles. The summed E-state index contributed by atoms with van der Waals surface area (Å²) in [7, 11) is 0. The molecule has 6 nitrogen and oxygen atoms in total. The van der Waals surface area contributed by atoms with E-state index in [1.54, 1.807) is 12.2 Å². The molecule has 0 aromatic carbocycles. The third-order valence-corrected chi connectivity index (χ3v) is 7.11. The molecule has 0 aromatic rings. The van der Waals surface area contributed by atoms with E-state index in [2.05, 4.69) is 13.8 Å². The molecule has 3 unspecified atom stereocenters. The number of aliphatic hydroxyl groups excluding tert-OH is 1. The zero-order valence-electron chi connectivity index (χ0n) is 20.6. The molecule has 0 aromatic heterocycles. The molecule has 3 aliphatic rings. The molecular formula is C27H43NO5. The highest BCUT2D eigenvalue weighted by Gasteiger charge is 2.52. The molecular weight excluding hydrogens is 418 g/mol. The first-order valence-electron chi connectivity index (χ1n) is 13.2. The molecule has 0 saturated carbocycles. The molecule has 2 fully saturated rings. The standard InChI is InChI=1S/C27H43NO5/c1-3-5-7-9-17-28(18-10-8-6-4-2)25(31)20-24-19-23(30)21-27(32-24)16-15-26(33-27)13-11-22(29)12-14-26/h11-14,23-24,30H,3-10,15-21H2,1-2H3. The Hall–Kier alpha value is -1.50. The van der Waals surface area contributed by atoms with Crippen LogP contribution in [0.15, 0.2) is 24.3 Å². The summed E-state index contributed by atoms with van der Waals surface area (Å²) in [6.45, 7) is 5.99. The maximum atomic E-state index is 13.2. The Kier molecular flexibility index (Phi) is 9.71. The fraction of sp³-hybridized carbons (Fsp3) is 0.778. The van der Waals surface area contributed by atoms with E-state index in [4.69, 9.17) is 9.47 Å². The summed E-state index contributed by atoms with van der Waals surface area (Å²) in [6.07, 6.45) is 17.3. The minimum atomic E-state index is -0.898. The van der Waals surface area contributed by atoms with Gasteiger partial charge in [-0.05, 0) is 43.6 Å². The van der Waals surface area contributed by atoms with Crippen LogP contribution in [0.3, 0.4) is 0 Å². The minimum Gasteiger partial charge on any atom is -0.393 e. The van der Waals surface area contributed by atoms with Crippen LogP contribution >= 0.6 is 0 Å².